The summed E-state index contributed by atoms with van der Waals surface area (Å²) in [6.45, 7) is 0. The van der Waals surface area contributed by atoms with Gasteiger partial charge in [-0.25, -0.2) is 0 Å². The van der Waals surface area contributed by atoms with Gasteiger partial charge in [0.05, 0.1) is 5.41 Å². The van der Waals surface area contributed by atoms with E-state index in [1.54, 1.807) is 5.56 Å². The van der Waals surface area contributed by atoms with E-state index in [1.165, 1.54) is 84.3 Å². The van der Waals surface area contributed by atoms with Crippen molar-refractivity contribution in [1.29, 1.82) is 0 Å². The van der Waals surface area contributed by atoms with Crippen molar-refractivity contribution in [2.24, 2.45) is 0 Å². The summed E-state index contributed by atoms with van der Waals surface area (Å²) in [5, 5.41) is 0.170. The lowest BCUT2D eigenvalue weighted by atomic mass is 9.69. The molecule has 1 spiro atoms. The normalized spacial score (nSPS) is 22.8. The Morgan fingerprint density at radius 2 is 1.09 bits per heavy atom. The number of benzene rings is 6. The first-order chi connectivity index (χ1) is 22.2. The number of fused-ring (bicyclic) bond motifs is 17. The zero-order valence-electron chi connectivity index (χ0n) is 24.7. The van der Waals surface area contributed by atoms with Crippen LogP contribution in [-0.2, 0) is 5.41 Å². The molecule has 11 rings (SSSR count). The second kappa shape index (κ2) is 8.56. The van der Waals surface area contributed by atoms with Gasteiger partial charge in [0.15, 0.2) is 0 Å². The SMILES string of the molecule is SC1c2ccccc2C=CC1c1ccc2c(c1)C1CC1c1cc3c(cc1-2)-c1ccccc1C31c2ccccc2-c2ccccc21. The van der Waals surface area contributed by atoms with Crippen molar-refractivity contribution >= 4 is 18.7 Å². The van der Waals surface area contributed by atoms with Crippen LogP contribution in [0.15, 0.2) is 133 Å². The summed E-state index contributed by atoms with van der Waals surface area (Å²) in [7, 11) is 0. The van der Waals surface area contributed by atoms with Crippen molar-refractivity contribution in [3.8, 4) is 33.4 Å². The Hall–Kier alpha value is -4.59. The second-order valence-corrected chi connectivity index (χ2v) is 14.2. The third-order valence-electron chi connectivity index (χ3n) is 11.6. The Morgan fingerprint density at radius 3 is 1.80 bits per heavy atom. The Labute approximate surface area is 269 Å². The lowest BCUT2D eigenvalue weighted by Gasteiger charge is -2.32. The first-order valence-electron chi connectivity index (χ1n) is 16.3. The summed E-state index contributed by atoms with van der Waals surface area (Å²) in [6, 6.07) is 48.7. The predicted octanol–water partition coefficient (Wildman–Crippen LogP) is 11.1. The van der Waals surface area contributed by atoms with Gasteiger partial charge in [0.2, 0.25) is 0 Å². The summed E-state index contributed by atoms with van der Waals surface area (Å²) in [5.74, 6) is 1.48. The number of thiol groups is 1. The van der Waals surface area contributed by atoms with Crippen LogP contribution in [0.3, 0.4) is 0 Å². The molecule has 0 nitrogen and oxygen atoms in total. The average Bonchev–Trinajstić information content (AvgIpc) is 3.79. The van der Waals surface area contributed by atoms with Crippen molar-refractivity contribution < 1.29 is 0 Å². The molecule has 0 aromatic heterocycles. The predicted molar refractivity (Wildman–Crippen MR) is 188 cm³/mol. The Kier molecular flexibility index (Phi) is 4.70. The standard InChI is InChI=1S/C44H30S/c45-43-27-10-2-1-9-25(27)17-19-28(43)26-18-20-29-33(21-26)35-22-36(35)37-24-42-38(23-34(29)37)32-13-5-8-16-41(32)44(42)39-14-6-3-11-30(39)31-12-4-7-15-40(31)44/h1-21,23-24,28,35-36,43,45H,22H2. The minimum Gasteiger partial charge on any atom is -0.170 e. The number of hydrogen-bond acceptors (Lipinski definition) is 1. The maximum Gasteiger partial charge on any atom is 0.0725 e. The number of allylic oxidation sites excluding steroid dienone is 1. The zero-order chi connectivity index (χ0) is 29.4. The maximum atomic E-state index is 5.15. The Balaban J connectivity index is 1.11. The molecule has 1 saturated carbocycles. The molecule has 1 fully saturated rings. The first kappa shape index (κ1) is 24.7. The summed E-state index contributed by atoms with van der Waals surface area (Å²) in [5.41, 5.74) is 21.0. The summed E-state index contributed by atoms with van der Waals surface area (Å²) in [6.07, 6.45) is 5.89. The van der Waals surface area contributed by atoms with Gasteiger partial charge in [-0.1, -0.05) is 133 Å². The van der Waals surface area contributed by atoms with E-state index in [9.17, 15) is 0 Å². The van der Waals surface area contributed by atoms with Crippen LogP contribution in [0.4, 0.5) is 0 Å². The molecule has 0 radical (unpaired) electrons. The van der Waals surface area contributed by atoms with E-state index in [0.717, 1.165) is 0 Å². The van der Waals surface area contributed by atoms with Gasteiger partial charge in [0.25, 0.3) is 0 Å². The van der Waals surface area contributed by atoms with Crippen molar-refractivity contribution in [3.05, 3.63) is 184 Å². The molecular formula is C44H30S. The van der Waals surface area contributed by atoms with Gasteiger partial charge in [-0.3, -0.25) is 0 Å². The van der Waals surface area contributed by atoms with Crippen LogP contribution >= 0.6 is 12.6 Å². The largest absolute Gasteiger partial charge is 0.170 e. The Bertz CT molecular complexity index is 2260. The van der Waals surface area contributed by atoms with Crippen molar-refractivity contribution in [2.75, 3.05) is 0 Å². The van der Waals surface area contributed by atoms with E-state index in [-0.39, 0.29) is 16.6 Å². The fourth-order valence-electron chi connectivity index (χ4n) is 9.65. The number of rotatable bonds is 1. The molecule has 212 valence electrons. The van der Waals surface area contributed by atoms with Crippen LogP contribution in [0.5, 0.6) is 0 Å². The molecule has 0 aliphatic heterocycles. The van der Waals surface area contributed by atoms with Crippen molar-refractivity contribution in [3.63, 3.8) is 0 Å². The fraction of sp³-hybridized carbons (Fsp3) is 0.136. The van der Waals surface area contributed by atoms with Gasteiger partial charge >= 0.3 is 0 Å². The van der Waals surface area contributed by atoms with Crippen LogP contribution in [0.1, 0.15) is 79.5 Å². The average molecular weight is 591 g/mol. The van der Waals surface area contributed by atoms with Gasteiger partial charge < -0.3 is 0 Å². The minimum absolute atomic E-state index is 0.170. The lowest BCUT2D eigenvalue weighted by molar-refractivity contribution is 0.790. The van der Waals surface area contributed by atoms with Gasteiger partial charge in [0, 0.05) is 11.2 Å². The molecule has 1 heteroatoms. The van der Waals surface area contributed by atoms with Gasteiger partial charge in [-0.05, 0) is 108 Å². The van der Waals surface area contributed by atoms with Crippen molar-refractivity contribution in [2.45, 2.75) is 34.8 Å². The molecule has 5 aliphatic rings. The molecule has 0 bridgehead atoms. The molecule has 0 N–H and O–H groups in total. The molecule has 0 heterocycles. The van der Waals surface area contributed by atoms with E-state index in [2.05, 4.69) is 140 Å². The van der Waals surface area contributed by atoms with Crippen molar-refractivity contribution in [1.82, 2.24) is 0 Å². The molecule has 0 saturated heterocycles. The molecule has 0 amide bonds. The number of hydrogen-bond donors (Lipinski definition) is 1. The summed E-state index contributed by atoms with van der Waals surface area (Å²) in [4.78, 5) is 0. The van der Waals surface area contributed by atoms with Gasteiger partial charge in [0.1, 0.15) is 0 Å². The third-order valence-corrected chi connectivity index (χ3v) is 12.2. The third kappa shape index (κ3) is 3.01. The molecule has 5 aliphatic carbocycles. The second-order valence-electron chi connectivity index (χ2n) is 13.6. The van der Waals surface area contributed by atoms with Crippen LogP contribution < -0.4 is 0 Å². The molecule has 6 aromatic rings. The summed E-state index contributed by atoms with van der Waals surface area (Å²) >= 11 is 5.15. The highest BCUT2D eigenvalue weighted by molar-refractivity contribution is 7.80. The summed E-state index contributed by atoms with van der Waals surface area (Å²) < 4.78 is 0. The van der Waals surface area contributed by atoms with Gasteiger partial charge in [-0.15, -0.1) is 0 Å². The van der Waals surface area contributed by atoms with E-state index in [0.29, 0.717) is 11.8 Å². The molecule has 4 atom stereocenters. The highest BCUT2D eigenvalue weighted by Crippen LogP contribution is 2.67. The van der Waals surface area contributed by atoms with Gasteiger partial charge in [-0.2, -0.15) is 12.6 Å². The smallest absolute Gasteiger partial charge is 0.0725 e. The highest BCUT2D eigenvalue weighted by Gasteiger charge is 2.53. The van der Waals surface area contributed by atoms with E-state index in [1.807, 2.05) is 0 Å². The quantitative estimate of drug-likeness (QED) is 0.181. The van der Waals surface area contributed by atoms with Crippen LogP contribution in [0.25, 0.3) is 39.5 Å². The molecular weight excluding hydrogens is 561 g/mol. The molecule has 4 unspecified atom stereocenters. The first-order valence-corrected chi connectivity index (χ1v) is 16.8. The van der Waals surface area contributed by atoms with E-state index < -0.39 is 0 Å². The molecule has 6 aromatic carbocycles. The van der Waals surface area contributed by atoms with E-state index in [4.69, 9.17) is 12.6 Å². The maximum absolute atomic E-state index is 5.15. The monoisotopic (exact) mass is 590 g/mol. The topological polar surface area (TPSA) is 0 Å². The van der Waals surface area contributed by atoms with E-state index >= 15 is 0 Å². The minimum atomic E-state index is -0.270. The Morgan fingerprint density at radius 1 is 0.489 bits per heavy atom. The van der Waals surface area contributed by atoms with Crippen LogP contribution in [0, 0.1) is 0 Å². The fourth-order valence-corrected chi connectivity index (χ4v) is 10.2. The lowest BCUT2D eigenvalue weighted by Crippen LogP contribution is -2.26. The molecule has 45 heavy (non-hydrogen) atoms. The van der Waals surface area contributed by atoms with Crippen LogP contribution in [0.2, 0.25) is 0 Å². The van der Waals surface area contributed by atoms with Crippen LogP contribution in [-0.4, -0.2) is 0 Å². The highest BCUT2D eigenvalue weighted by atomic mass is 32.1. The zero-order valence-corrected chi connectivity index (χ0v) is 25.6.